The maximum atomic E-state index is 5.94. The fraction of sp³-hybridized carbons (Fsp3) is 0.375. The summed E-state index contributed by atoms with van der Waals surface area (Å²) >= 11 is 1.58. The predicted octanol–water partition coefficient (Wildman–Crippen LogP) is 4.01. The maximum absolute atomic E-state index is 5.94. The molecule has 1 unspecified atom stereocenters. The summed E-state index contributed by atoms with van der Waals surface area (Å²) in [4.78, 5) is 8.83. The first-order chi connectivity index (χ1) is 10.5. The van der Waals surface area contributed by atoms with Crippen LogP contribution in [-0.4, -0.2) is 18.1 Å². The number of benzene rings is 1. The van der Waals surface area contributed by atoms with Gasteiger partial charge in [0.25, 0.3) is 0 Å². The van der Waals surface area contributed by atoms with Crippen molar-refractivity contribution in [2.45, 2.75) is 33.4 Å². The molecule has 0 radical (unpaired) electrons. The van der Waals surface area contributed by atoms with Crippen molar-refractivity contribution in [3.8, 4) is 0 Å². The molecule has 7 heteroatoms. The van der Waals surface area contributed by atoms with Gasteiger partial charge in [0.15, 0.2) is 5.96 Å². The van der Waals surface area contributed by atoms with Crippen LogP contribution in [0.1, 0.15) is 34.9 Å². The summed E-state index contributed by atoms with van der Waals surface area (Å²) in [5.74, 6) is 0.388. The minimum absolute atomic E-state index is 0. The van der Waals surface area contributed by atoms with E-state index in [2.05, 4.69) is 35.2 Å². The number of methoxy groups -OCH3 is 1. The third-order valence-electron chi connectivity index (χ3n) is 3.18. The summed E-state index contributed by atoms with van der Waals surface area (Å²) in [7, 11) is 1.68. The highest BCUT2D eigenvalue weighted by atomic mass is 127. The molecule has 1 aromatic carbocycles. The molecule has 2 rings (SSSR count). The van der Waals surface area contributed by atoms with Crippen LogP contribution in [0.5, 0.6) is 0 Å². The van der Waals surface area contributed by atoms with Crippen molar-refractivity contribution in [2.75, 3.05) is 12.4 Å². The van der Waals surface area contributed by atoms with Crippen LogP contribution >= 0.6 is 35.3 Å². The number of guanidine groups is 1. The Morgan fingerprint density at radius 1 is 1.35 bits per heavy atom. The number of hydrogen-bond acceptors (Lipinski definition) is 4. The fourth-order valence-corrected chi connectivity index (χ4v) is 2.93. The van der Waals surface area contributed by atoms with Crippen LogP contribution in [0.2, 0.25) is 0 Å². The van der Waals surface area contributed by atoms with Gasteiger partial charge in [-0.25, -0.2) is 9.98 Å². The molecule has 126 valence electrons. The van der Waals surface area contributed by atoms with Crippen molar-refractivity contribution in [3.05, 3.63) is 45.4 Å². The van der Waals surface area contributed by atoms with Crippen molar-refractivity contribution in [2.24, 2.45) is 10.7 Å². The van der Waals surface area contributed by atoms with E-state index in [4.69, 9.17) is 10.5 Å². The Morgan fingerprint density at radius 3 is 2.61 bits per heavy atom. The first kappa shape index (κ1) is 19.9. The molecule has 0 aliphatic heterocycles. The summed E-state index contributed by atoms with van der Waals surface area (Å²) in [6, 6.07) is 6.19. The van der Waals surface area contributed by atoms with Crippen molar-refractivity contribution < 1.29 is 4.74 Å². The van der Waals surface area contributed by atoms with Gasteiger partial charge >= 0.3 is 0 Å². The van der Waals surface area contributed by atoms with E-state index in [0.29, 0.717) is 12.5 Å². The predicted molar refractivity (Wildman–Crippen MR) is 108 cm³/mol. The Kier molecular flexibility index (Phi) is 7.93. The maximum Gasteiger partial charge on any atom is 0.193 e. The second-order valence-corrected chi connectivity index (χ2v) is 6.15. The number of nitrogens with two attached hydrogens (primary N) is 1. The molecule has 0 aliphatic carbocycles. The Labute approximate surface area is 158 Å². The zero-order chi connectivity index (χ0) is 16.1. The number of aromatic nitrogens is 1. The second kappa shape index (κ2) is 9.19. The average Bonchev–Trinajstić information content (AvgIpc) is 2.92. The summed E-state index contributed by atoms with van der Waals surface area (Å²) in [6.07, 6.45) is 0.00784. The van der Waals surface area contributed by atoms with Gasteiger partial charge in [0.1, 0.15) is 11.1 Å². The number of ether oxygens (including phenoxy) is 1. The molecule has 0 bridgehead atoms. The molecule has 23 heavy (non-hydrogen) atoms. The van der Waals surface area contributed by atoms with Gasteiger partial charge in [0, 0.05) is 18.2 Å². The van der Waals surface area contributed by atoms with Crippen molar-refractivity contribution in [3.63, 3.8) is 0 Å². The number of rotatable bonds is 5. The third kappa shape index (κ3) is 6.08. The molecule has 1 aromatic heterocycles. The molecule has 0 amide bonds. The minimum atomic E-state index is 0. The molecule has 0 spiro atoms. The Balaban J connectivity index is 0.00000264. The van der Waals surface area contributed by atoms with Gasteiger partial charge in [-0.3, -0.25) is 0 Å². The van der Waals surface area contributed by atoms with Gasteiger partial charge < -0.3 is 15.8 Å². The number of nitrogens with one attached hydrogen (secondary N) is 1. The number of nitrogens with zero attached hydrogens (tertiary/aromatic N) is 2. The molecule has 3 N–H and O–H groups in total. The van der Waals surface area contributed by atoms with Gasteiger partial charge in [-0.2, -0.15) is 0 Å². The lowest BCUT2D eigenvalue weighted by atomic mass is 10.1. The van der Waals surface area contributed by atoms with Crippen molar-refractivity contribution in [1.29, 1.82) is 0 Å². The summed E-state index contributed by atoms with van der Waals surface area (Å²) in [5.41, 5.74) is 10.2. The minimum Gasteiger partial charge on any atom is -0.375 e. The number of aliphatic imine (C=N–C) groups is 1. The van der Waals surface area contributed by atoms with Gasteiger partial charge in [-0.1, -0.05) is 6.07 Å². The largest absolute Gasteiger partial charge is 0.375 e. The van der Waals surface area contributed by atoms with Crippen LogP contribution in [0.4, 0.5) is 5.69 Å². The summed E-state index contributed by atoms with van der Waals surface area (Å²) in [5, 5.41) is 6.05. The van der Waals surface area contributed by atoms with Crippen molar-refractivity contribution in [1.82, 2.24) is 4.98 Å². The SMILES string of the molecule is COC(C)c1nc(CN=C(N)Nc2cc(C)cc(C)c2)cs1.I. The molecular formula is C16H23IN4OS. The quantitative estimate of drug-likeness (QED) is 0.414. The molecule has 0 saturated carbocycles. The van der Waals surface area contributed by atoms with E-state index in [9.17, 15) is 0 Å². The van der Waals surface area contributed by atoms with Crippen LogP contribution in [0.15, 0.2) is 28.6 Å². The van der Waals surface area contributed by atoms with Gasteiger partial charge in [0.2, 0.25) is 0 Å². The first-order valence-electron chi connectivity index (χ1n) is 7.10. The highest BCUT2D eigenvalue weighted by Crippen LogP contribution is 2.20. The smallest absolute Gasteiger partial charge is 0.193 e. The lowest BCUT2D eigenvalue weighted by Crippen LogP contribution is -2.22. The molecule has 5 nitrogen and oxygen atoms in total. The van der Waals surface area contributed by atoms with Crippen LogP contribution < -0.4 is 11.1 Å². The molecule has 1 atom stereocenters. The number of halogens is 1. The van der Waals surface area contributed by atoms with E-state index in [0.717, 1.165) is 16.4 Å². The topological polar surface area (TPSA) is 72.5 Å². The summed E-state index contributed by atoms with van der Waals surface area (Å²) in [6.45, 7) is 6.54. The van der Waals surface area contributed by atoms with Gasteiger partial charge in [0.05, 0.1) is 12.2 Å². The molecular weight excluding hydrogens is 423 g/mol. The summed E-state index contributed by atoms with van der Waals surface area (Å²) < 4.78 is 5.25. The van der Waals surface area contributed by atoms with Crippen LogP contribution in [0, 0.1) is 13.8 Å². The zero-order valence-electron chi connectivity index (χ0n) is 13.8. The Hall–Kier alpha value is -1.19. The molecule has 0 fully saturated rings. The van der Waals surface area contributed by atoms with E-state index in [1.54, 1.807) is 18.4 Å². The van der Waals surface area contributed by atoms with Crippen LogP contribution in [0.3, 0.4) is 0 Å². The van der Waals surface area contributed by atoms with E-state index < -0.39 is 0 Å². The normalized spacial score (nSPS) is 12.6. The van der Waals surface area contributed by atoms with E-state index >= 15 is 0 Å². The van der Waals surface area contributed by atoms with E-state index in [1.165, 1.54) is 11.1 Å². The van der Waals surface area contributed by atoms with E-state index in [1.807, 2.05) is 24.4 Å². The van der Waals surface area contributed by atoms with Crippen LogP contribution in [-0.2, 0) is 11.3 Å². The molecule has 0 aliphatic rings. The Morgan fingerprint density at radius 2 is 2.00 bits per heavy atom. The zero-order valence-corrected chi connectivity index (χ0v) is 16.9. The first-order valence-corrected chi connectivity index (χ1v) is 7.98. The van der Waals surface area contributed by atoms with Crippen LogP contribution in [0.25, 0.3) is 0 Å². The number of hydrogen-bond donors (Lipinski definition) is 2. The third-order valence-corrected chi connectivity index (χ3v) is 4.23. The number of anilines is 1. The molecule has 0 saturated heterocycles. The van der Waals surface area contributed by atoms with Crippen molar-refractivity contribution >= 4 is 47.0 Å². The fourth-order valence-electron chi connectivity index (χ4n) is 2.08. The van der Waals surface area contributed by atoms with E-state index in [-0.39, 0.29) is 30.1 Å². The lowest BCUT2D eigenvalue weighted by Gasteiger charge is -2.07. The molecule has 2 aromatic rings. The standard InChI is InChI=1S/C16H22N4OS.HI/c1-10-5-11(2)7-13(6-10)20-16(17)18-8-14-9-22-15(19-14)12(3)21-4;/h5-7,9,12H,8H2,1-4H3,(H3,17,18,20);1H. The highest BCUT2D eigenvalue weighted by Gasteiger charge is 2.09. The monoisotopic (exact) mass is 446 g/mol. The van der Waals surface area contributed by atoms with Gasteiger partial charge in [-0.05, 0) is 44.0 Å². The molecule has 1 heterocycles. The average molecular weight is 446 g/mol. The second-order valence-electron chi connectivity index (χ2n) is 5.26. The Bertz CT molecular complexity index is 652. The number of aryl methyl sites for hydroxylation is 2. The lowest BCUT2D eigenvalue weighted by molar-refractivity contribution is 0.119. The van der Waals surface area contributed by atoms with Gasteiger partial charge in [-0.15, -0.1) is 35.3 Å². The number of thiazole rings is 1. The highest BCUT2D eigenvalue weighted by molar-refractivity contribution is 14.0.